The number of carbonyl (C=O) groups is 1. The molecule has 118 valence electrons. The van der Waals surface area contributed by atoms with Crippen LogP contribution in [0.4, 0.5) is 0 Å². The maximum atomic E-state index is 12.2. The van der Waals surface area contributed by atoms with Crippen LogP contribution in [0.25, 0.3) is 11.5 Å². The van der Waals surface area contributed by atoms with Crippen LogP contribution < -0.4 is 10.9 Å². The van der Waals surface area contributed by atoms with Gasteiger partial charge in [-0.25, -0.2) is 4.98 Å². The summed E-state index contributed by atoms with van der Waals surface area (Å²) in [7, 11) is 0. The van der Waals surface area contributed by atoms with Crippen LogP contribution in [0.5, 0.6) is 0 Å². The lowest BCUT2D eigenvalue weighted by Crippen LogP contribution is -2.38. The van der Waals surface area contributed by atoms with Gasteiger partial charge in [-0.1, -0.05) is 0 Å². The monoisotopic (exact) mass is 312 g/mol. The van der Waals surface area contributed by atoms with Crippen molar-refractivity contribution in [1.82, 2.24) is 19.9 Å². The third-order valence-electron chi connectivity index (χ3n) is 3.36. The molecular formula is C16H16N4O3. The Morgan fingerprint density at radius 3 is 2.96 bits per heavy atom. The Morgan fingerprint density at radius 2 is 2.30 bits per heavy atom. The average Bonchev–Trinajstić information content (AvgIpc) is 3.19. The molecule has 1 atom stereocenters. The van der Waals surface area contributed by atoms with Crippen molar-refractivity contribution >= 4 is 5.91 Å². The van der Waals surface area contributed by atoms with E-state index in [0.29, 0.717) is 18.0 Å². The second-order valence-electron chi connectivity index (χ2n) is 5.23. The molecule has 0 saturated heterocycles. The second-order valence-corrected chi connectivity index (χ2v) is 5.23. The van der Waals surface area contributed by atoms with Gasteiger partial charge in [-0.05, 0) is 31.2 Å². The Labute approximate surface area is 132 Å². The molecule has 0 spiro atoms. The standard InChI is InChI=1S/C16H16N4O3/c1-11(9-20-7-6-17-10-20)18-15(21)12-4-5-13(19-16(12)22)14-3-2-8-23-14/h2-8,10-11H,9H2,1H3,(H,18,21)(H,19,22)/t11-/m1/s1. The first kappa shape index (κ1) is 14.8. The van der Waals surface area contributed by atoms with Crippen molar-refractivity contribution in [3.63, 3.8) is 0 Å². The van der Waals surface area contributed by atoms with Crippen LogP contribution in [-0.4, -0.2) is 26.5 Å². The molecule has 0 aromatic carbocycles. The molecule has 23 heavy (non-hydrogen) atoms. The van der Waals surface area contributed by atoms with E-state index >= 15 is 0 Å². The van der Waals surface area contributed by atoms with Gasteiger partial charge in [0, 0.05) is 25.0 Å². The first-order chi connectivity index (χ1) is 11.1. The maximum absolute atomic E-state index is 12.2. The molecule has 0 bridgehead atoms. The van der Waals surface area contributed by atoms with Crippen LogP contribution in [-0.2, 0) is 6.54 Å². The summed E-state index contributed by atoms with van der Waals surface area (Å²) < 4.78 is 7.08. The smallest absolute Gasteiger partial charge is 0.261 e. The quantitative estimate of drug-likeness (QED) is 0.749. The van der Waals surface area contributed by atoms with Gasteiger partial charge < -0.3 is 19.3 Å². The van der Waals surface area contributed by atoms with Gasteiger partial charge in [0.15, 0.2) is 0 Å². The number of rotatable bonds is 5. The largest absolute Gasteiger partial charge is 0.463 e. The summed E-state index contributed by atoms with van der Waals surface area (Å²) in [6.07, 6.45) is 6.68. The Kier molecular flexibility index (Phi) is 4.09. The minimum Gasteiger partial charge on any atom is -0.463 e. The Balaban J connectivity index is 1.71. The van der Waals surface area contributed by atoms with E-state index in [-0.39, 0.29) is 11.6 Å². The zero-order valence-electron chi connectivity index (χ0n) is 12.5. The van der Waals surface area contributed by atoms with E-state index in [1.54, 1.807) is 30.7 Å². The number of nitrogens with zero attached hydrogens (tertiary/aromatic N) is 2. The van der Waals surface area contributed by atoms with Crippen LogP contribution in [0.2, 0.25) is 0 Å². The lowest BCUT2D eigenvalue weighted by Gasteiger charge is -2.14. The van der Waals surface area contributed by atoms with Crippen LogP contribution in [0.1, 0.15) is 17.3 Å². The van der Waals surface area contributed by atoms with Gasteiger partial charge >= 0.3 is 0 Å². The Morgan fingerprint density at radius 1 is 1.43 bits per heavy atom. The molecule has 3 rings (SSSR count). The van der Waals surface area contributed by atoms with Crippen molar-refractivity contribution in [2.75, 3.05) is 0 Å². The summed E-state index contributed by atoms with van der Waals surface area (Å²) in [6.45, 7) is 2.44. The van der Waals surface area contributed by atoms with Crippen molar-refractivity contribution in [1.29, 1.82) is 0 Å². The number of amides is 1. The van der Waals surface area contributed by atoms with Gasteiger partial charge in [0.2, 0.25) is 0 Å². The molecule has 2 N–H and O–H groups in total. The molecule has 3 aromatic rings. The molecule has 3 heterocycles. The zero-order chi connectivity index (χ0) is 16.2. The number of H-pyrrole nitrogens is 1. The number of aromatic nitrogens is 3. The SMILES string of the molecule is C[C@H](Cn1ccnc1)NC(=O)c1ccc(-c2ccco2)[nH]c1=O. The maximum Gasteiger partial charge on any atom is 0.261 e. The molecule has 0 unspecified atom stereocenters. The van der Waals surface area contributed by atoms with E-state index in [1.807, 2.05) is 17.7 Å². The van der Waals surface area contributed by atoms with E-state index in [1.165, 1.54) is 12.3 Å². The van der Waals surface area contributed by atoms with Crippen molar-refractivity contribution < 1.29 is 9.21 Å². The lowest BCUT2D eigenvalue weighted by atomic mass is 10.2. The fraction of sp³-hybridized carbons (Fsp3) is 0.188. The highest BCUT2D eigenvalue weighted by molar-refractivity contribution is 5.94. The number of pyridine rings is 1. The summed E-state index contributed by atoms with van der Waals surface area (Å²) in [5, 5.41) is 2.80. The lowest BCUT2D eigenvalue weighted by molar-refractivity contribution is 0.0935. The van der Waals surface area contributed by atoms with E-state index in [2.05, 4.69) is 15.3 Å². The molecule has 0 aliphatic carbocycles. The molecule has 7 nitrogen and oxygen atoms in total. The fourth-order valence-electron chi connectivity index (χ4n) is 2.29. The highest BCUT2D eigenvalue weighted by Crippen LogP contribution is 2.15. The Hall–Kier alpha value is -3.09. The predicted octanol–water partition coefficient (Wildman–Crippen LogP) is 1.65. The van der Waals surface area contributed by atoms with Crippen molar-refractivity contribution in [2.45, 2.75) is 19.5 Å². The fourth-order valence-corrected chi connectivity index (χ4v) is 2.29. The topological polar surface area (TPSA) is 92.9 Å². The first-order valence-electron chi connectivity index (χ1n) is 7.17. The zero-order valence-corrected chi connectivity index (χ0v) is 12.5. The van der Waals surface area contributed by atoms with E-state index < -0.39 is 11.5 Å². The first-order valence-corrected chi connectivity index (χ1v) is 7.17. The normalized spacial score (nSPS) is 12.0. The Bertz CT molecular complexity index is 835. The summed E-state index contributed by atoms with van der Waals surface area (Å²) in [5.41, 5.74) is 0.145. The highest BCUT2D eigenvalue weighted by Gasteiger charge is 2.14. The third kappa shape index (κ3) is 3.39. The molecule has 0 radical (unpaired) electrons. The van der Waals surface area contributed by atoms with Crippen molar-refractivity contribution in [3.8, 4) is 11.5 Å². The second kappa shape index (κ2) is 6.35. The minimum atomic E-state index is -0.453. The minimum absolute atomic E-state index is 0.0674. The van der Waals surface area contributed by atoms with Gasteiger partial charge in [-0.3, -0.25) is 9.59 Å². The summed E-state index contributed by atoms with van der Waals surface area (Å²) in [5.74, 6) is 0.132. The molecule has 3 aromatic heterocycles. The van der Waals surface area contributed by atoms with Gasteiger partial charge in [0.25, 0.3) is 11.5 Å². The molecular weight excluding hydrogens is 296 g/mol. The summed E-state index contributed by atoms with van der Waals surface area (Å²) in [4.78, 5) is 30.9. The molecule has 0 saturated carbocycles. The molecule has 0 aliphatic rings. The summed E-state index contributed by atoms with van der Waals surface area (Å²) in [6, 6.07) is 6.47. The van der Waals surface area contributed by atoms with Crippen LogP contribution >= 0.6 is 0 Å². The number of imidazole rings is 1. The van der Waals surface area contributed by atoms with Crippen LogP contribution in [0.3, 0.4) is 0 Å². The van der Waals surface area contributed by atoms with Crippen LogP contribution in [0, 0.1) is 0 Å². The highest BCUT2D eigenvalue weighted by atomic mass is 16.3. The predicted molar refractivity (Wildman–Crippen MR) is 83.9 cm³/mol. The number of carbonyl (C=O) groups excluding carboxylic acids is 1. The molecule has 1 amide bonds. The molecule has 0 aliphatic heterocycles. The van der Waals surface area contributed by atoms with E-state index in [0.717, 1.165) is 0 Å². The van der Waals surface area contributed by atoms with Gasteiger partial charge in [-0.15, -0.1) is 0 Å². The molecule has 7 heteroatoms. The van der Waals surface area contributed by atoms with Crippen LogP contribution in [0.15, 0.2) is 58.5 Å². The van der Waals surface area contributed by atoms with E-state index in [4.69, 9.17) is 4.42 Å². The summed E-state index contributed by atoms with van der Waals surface area (Å²) >= 11 is 0. The van der Waals surface area contributed by atoms with Gasteiger partial charge in [-0.2, -0.15) is 0 Å². The third-order valence-corrected chi connectivity index (χ3v) is 3.36. The molecule has 0 fully saturated rings. The van der Waals surface area contributed by atoms with E-state index in [9.17, 15) is 9.59 Å². The number of hydrogen-bond donors (Lipinski definition) is 2. The number of nitrogens with one attached hydrogen (secondary N) is 2. The van der Waals surface area contributed by atoms with Crippen molar-refractivity contribution in [3.05, 3.63) is 65.2 Å². The number of hydrogen-bond acceptors (Lipinski definition) is 4. The number of furan rings is 1. The van der Waals surface area contributed by atoms with Gasteiger partial charge in [0.1, 0.15) is 11.3 Å². The average molecular weight is 312 g/mol. The van der Waals surface area contributed by atoms with Gasteiger partial charge in [0.05, 0.1) is 18.3 Å². The number of aromatic amines is 1. The van der Waals surface area contributed by atoms with Crippen molar-refractivity contribution in [2.24, 2.45) is 0 Å².